The second-order valence-corrected chi connectivity index (χ2v) is 4.11. The van der Waals surface area contributed by atoms with Gasteiger partial charge in [0.25, 0.3) is 0 Å². The third-order valence-electron chi connectivity index (χ3n) is 1.15. The molecule has 1 rings (SSSR count). The number of benzene rings is 1. The van der Waals surface area contributed by atoms with E-state index in [-0.39, 0.29) is 12.4 Å². The van der Waals surface area contributed by atoms with Crippen LogP contribution in [-0.4, -0.2) is 14.7 Å². The molecule has 0 bridgehead atoms. The van der Waals surface area contributed by atoms with Crippen LogP contribution < -0.4 is 10.3 Å². The van der Waals surface area contributed by atoms with Crippen LogP contribution in [0.15, 0.2) is 30.3 Å². The molecular weight excluding hydrogens is 212 g/mol. The van der Waals surface area contributed by atoms with Crippen molar-refractivity contribution >= 4 is 28.1 Å². The van der Waals surface area contributed by atoms with Gasteiger partial charge in [0.15, 0.2) is 0 Å². The summed E-state index contributed by atoms with van der Waals surface area (Å²) >= 11 is 0. The molecule has 0 aliphatic rings. The molecule has 0 atom stereocenters. The number of nitrogens with one attached hydrogen (secondary N) is 2. The summed E-state index contributed by atoms with van der Waals surface area (Å²) in [6, 6.07) is 9.00. The summed E-state index contributed by atoms with van der Waals surface area (Å²) in [5.74, 6) is 0. The summed E-state index contributed by atoms with van der Waals surface area (Å²) in [6.07, 6.45) is 1.09. The van der Waals surface area contributed by atoms with E-state index in [1.807, 2.05) is 18.2 Å². The van der Waals surface area contributed by atoms with E-state index in [1.165, 1.54) is 0 Å². The molecule has 0 aliphatic carbocycles. The number of para-hydroxylation sites is 1. The highest BCUT2D eigenvalue weighted by atomic mass is 35.5. The van der Waals surface area contributed by atoms with Crippen molar-refractivity contribution in [3.63, 3.8) is 0 Å². The maximum atomic E-state index is 10.6. The first-order valence-corrected chi connectivity index (χ1v) is 5.25. The monoisotopic (exact) mass is 222 g/mol. The van der Waals surface area contributed by atoms with Crippen LogP contribution in [0.25, 0.3) is 0 Å². The number of halogens is 1. The molecule has 0 radical (unpaired) electrons. The molecule has 0 saturated carbocycles. The molecule has 0 aromatic heterocycles. The van der Waals surface area contributed by atoms with Gasteiger partial charge < -0.3 is 5.43 Å². The zero-order valence-electron chi connectivity index (χ0n) is 7.02. The van der Waals surface area contributed by atoms with Gasteiger partial charge in [-0.25, -0.2) is 8.42 Å². The van der Waals surface area contributed by atoms with Gasteiger partial charge in [0, 0.05) is 5.69 Å². The largest absolute Gasteiger partial charge is 0.308 e. The number of anilines is 1. The third kappa shape index (κ3) is 5.46. The quantitative estimate of drug-likeness (QED) is 0.750. The molecule has 74 valence electrons. The number of sulfonamides is 1. The molecule has 0 fully saturated rings. The van der Waals surface area contributed by atoms with Gasteiger partial charge in [-0.2, -0.15) is 0 Å². The lowest BCUT2D eigenvalue weighted by Gasteiger charge is -2.04. The van der Waals surface area contributed by atoms with E-state index in [0.717, 1.165) is 6.26 Å². The first-order chi connectivity index (χ1) is 5.58. The van der Waals surface area contributed by atoms with Crippen LogP contribution in [0.2, 0.25) is 0 Å². The molecule has 0 saturated heterocycles. The average molecular weight is 223 g/mol. The predicted molar refractivity (Wildman–Crippen MR) is 55.3 cm³/mol. The maximum Gasteiger partial charge on any atom is 0.225 e. The smallest absolute Gasteiger partial charge is 0.225 e. The summed E-state index contributed by atoms with van der Waals surface area (Å²) in [5.41, 5.74) is 3.26. The van der Waals surface area contributed by atoms with Gasteiger partial charge in [-0.3, -0.25) is 0 Å². The third-order valence-corrected chi connectivity index (χ3v) is 1.63. The van der Waals surface area contributed by atoms with E-state index in [9.17, 15) is 8.42 Å². The van der Waals surface area contributed by atoms with Crippen LogP contribution in [0.1, 0.15) is 0 Å². The topological polar surface area (TPSA) is 58.2 Å². The van der Waals surface area contributed by atoms with Crippen molar-refractivity contribution in [3.05, 3.63) is 30.3 Å². The molecule has 2 N–H and O–H groups in total. The zero-order valence-corrected chi connectivity index (χ0v) is 8.65. The molecule has 0 spiro atoms. The maximum absolute atomic E-state index is 10.6. The predicted octanol–water partition coefficient (Wildman–Crippen LogP) is 0.984. The molecular formula is C7H11ClN2O2S. The van der Waals surface area contributed by atoms with E-state index >= 15 is 0 Å². The number of rotatable bonds is 3. The van der Waals surface area contributed by atoms with Crippen LogP contribution in [0.5, 0.6) is 0 Å². The molecule has 1 aromatic rings. The van der Waals surface area contributed by atoms with Gasteiger partial charge in [-0.1, -0.05) is 18.2 Å². The van der Waals surface area contributed by atoms with Crippen molar-refractivity contribution in [1.82, 2.24) is 4.83 Å². The number of hydrogen-bond acceptors (Lipinski definition) is 3. The van der Waals surface area contributed by atoms with Crippen LogP contribution in [0.4, 0.5) is 5.69 Å². The van der Waals surface area contributed by atoms with Crippen molar-refractivity contribution in [2.75, 3.05) is 11.7 Å². The van der Waals surface area contributed by atoms with Gasteiger partial charge in [-0.05, 0) is 12.1 Å². The van der Waals surface area contributed by atoms with Crippen LogP contribution in [0.3, 0.4) is 0 Å². The van der Waals surface area contributed by atoms with Gasteiger partial charge >= 0.3 is 0 Å². The Labute approximate surface area is 83.8 Å². The highest BCUT2D eigenvalue weighted by Crippen LogP contribution is 2.02. The van der Waals surface area contributed by atoms with Crippen LogP contribution >= 0.6 is 12.4 Å². The second-order valence-electron chi connectivity index (χ2n) is 2.37. The lowest BCUT2D eigenvalue weighted by molar-refractivity contribution is 0.594. The van der Waals surface area contributed by atoms with Crippen molar-refractivity contribution in [1.29, 1.82) is 0 Å². The standard InChI is InChI=1S/C7H10N2O2S.ClH/c1-12(10,11)9-8-7-5-3-2-4-6-7;/h2-6,8-9H,1H3;1H. The van der Waals surface area contributed by atoms with Crippen molar-refractivity contribution in [2.45, 2.75) is 0 Å². The van der Waals surface area contributed by atoms with Gasteiger partial charge in [0.2, 0.25) is 10.0 Å². The highest BCUT2D eigenvalue weighted by Gasteiger charge is 1.97. The Morgan fingerprint density at radius 3 is 2.15 bits per heavy atom. The molecule has 6 heteroatoms. The summed E-state index contributed by atoms with van der Waals surface area (Å²) < 4.78 is 21.3. The summed E-state index contributed by atoms with van der Waals surface area (Å²) in [7, 11) is -3.18. The first kappa shape index (κ1) is 12.2. The van der Waals surface area contributed by atoms with E-state index < -0.39 is 10.0 Å². The van der Waals surface area contributed by atoms with E-state index in [2.05, 4.69) is 10.3 Å². The summed E-state index contributed by atoms with van der Waals surface area (Å²) in [6.45, 7) is 0. The summed E-state index contributed by atoms with van der Waals surface area (Å²) in [5, 5.41) is 0. The SMILES string of the molecule is CS(=O)(=O)NNc1ccccc1.Cl. The second kappa shape index (κ2) is 5.06. The van der Waals surface area contributed by atoms with Crippen molar-refractivity contribution in [2.24, 2.45) is 0 Å². The van der Waals surface area contributed by atoms with Crippen LogP contribution in [-0.2, 0) is 10.0 Å². The Kier molecular flexibility index (Phi) is 4.76. The van der Waals surface area contributed by atoms with E-state index in [4.69, 9.17) is 0 Å². The number of hydrazine groups is 1. The fraction of sp³-hybridized carbons (Fsp3) is 0.143. The van der Waals surface area contributed by atoms with Gasteiger partial charge in [0.1, 0.15) is 0 Å². The molecule has 0 aliphatic heterocycles. The number of hydrogen-bond donors (Lipinski definition) is 2. The Hall–Kier alpha value is -0.780. The lowest BCUT2D eigenvalue weighted by Crippen LogP contribution is -2.27. The van der Waals surface area contributed by atoms with E-state index in [0.29, 0.717) is 5.69 Å². The molecule has 13 heavy (non-hydrogen) atoms. The molecule has 0 heterocycles. The molecule has 4 nitrogen and oxygen atoms in total. The van der Waals surface area contributed by atoms with Crippen molar-refractivity contribution in [3.8, 4) is 0 Å². The average Bonchev–Trinajstić information content (AvgIpc) is 2.02. The first-order valence-electron chi connectivity index (χ1n) is 3.36. The minimum atomic E-state index is -3.18. The highest BCUT2D eigenvalue weighted by molar-refractivity contribution is 7.88. The van der Waals surface area contributed by atoms with Crippen LogP contribution in [0, 0.1) is 0 Å². The fourth-order valence-electron chi connectivity index (χ4n) is 0.673. The summed E-state index contributed by atoms with van der Waals surface area (Å²) in [4.78, 5) is 2.16. The van der Waals surface area contributed by atoms with E-state index in [1.54, 1.807) is 12.1 Å². The van der Waals surface area contributed by atoms with Gasteiger partial charge in [-0.15, -0.1) is 17.2 Å². The molecule has 0 unspecified atom stereocenters. The lowest BCUT2D eigenvalue weighted by atomic mass is 10.3. The Morgan fingerprint density at radius 1 is 1.15 bits per heavy atom. The Balaban J connectivity index is 0.00000144. The fourth-order valence-corrected chi connectivity index (χ4v) is 0.976. The zero-order chi connectivity index (χ0) is 9.03. The molecule has 0 amide bonds. The van der Waals surface area contributed by atoms with Gasteiger partial charge in [0.05, 0.1) is 6.26 Å². The van der Waals surface area contributed by atoms with Crippen molar-refractivity contribution < 1.29 is 8.42 Å². The Morgan fingerprint density at radius 2 is 1.69 bits per heavy atom. The molecule has 1 aromatic carbocycles. The minimum Gasteiger partial charge on any atom is -0.308 e. The Bertz CT molecular complexity index is 339. The minimum absolute atomic E-state index is 0. The normalized spacial score (nSPS) is 10.2.